The summed E-state index contributed by atoms with van der Waals surface area (Å²) in [5.41, 5.74) is 5.49. The molecule has 6 heteroatoms. The molecule has 4 N–H and O–H groups in total. The molecule has 0 radical (unpaired) electrons. The van der Waals surface area contributed by atoms with E-state index in [1.54, 1.807) is 0 Å². The van der Waals surface area contributed by atoms with Crippen molar-refractivity contribution in [1.82, 2.24) is 10.2 Å². The molecule has 0 fully saturated rings. The van der Waals surface area contributed by atoms with Gasteiger partial charge in [-0.25, -0.2) is 0 Å². The standard InChI is InChI=1S/C12H26N4O2/c1-5-10(11(13)15-18)12(17)14-9(4)8-16(6-2)7-3/h9-10,18H,5-8H2,1-4H3,(H2,13,15)(H,14,17). The van der Waals surface area contributed by atoms with Crippen molar-refractivity contribution < 1.29 is 10.0 Å². The fourth-order valence-corrected chi connectivity index (χ4v) is 1.86. The van der Waals surface area contributed by atoms with Crippen molar-refractivity contribution in [2.45, 2.75) is 40.2 Å². The number of hydrogen-bond donors (Lipinski definition) is 3. The average Bonchev–Trinajstić information content (AvgIpc) is 2.36. The molecular formula is C12H26N4O2. The molecule has 1 amide bonds. The topological polar surface area (TPSA) is 91.0 Å². The second-order valence-electron chi connectivity index (χ2n) is 4.38. The molecule has 18 heavy (non-hydrogen) atoms. The van der Waals surface area contributed by atoms with E-state index in [9.17, 15) is 4.79 Å². The van der Waals surface area contributed by atoms with Crippen LogP contribution >= 0.6 is 0 Å². The Morgan fingerprint density at radius 2 is 1.94 bits per heavy atom. The second-order valence-corrected chi connectivity index (χ2v) is 4.38. The molecule has 0 aromatic heterocycles. The van der Waals surface area contributed by atoms with Crippen molar-refractivity contribution in [3.63, 3.8) is 0 Å². The van der Waals surface area contributed by atoms with Gasteiger partial charge in [-0.1, -0.05) is 25.9 Å². The monoisotopic (exact) mass is 258 g/mol. The first kappa shape index (κ1) is 16.7. The third-order valence-electron chi connectivity index (χ3n) is 3.01. The number of amidine groups is 1. The molecule has 0 saturated heterocycles. The maximum atomic E-state index is 11.9. The molecule has 106 valence electrons. The highest BCUT2D eigenvalue weighted by Gasteiger charge is 2.22. The van der Waals surface area contributed by atoms with Crippen molar-refractivity contribution in [3.8, 4) is 0 Å². The quantitative estimate of drug-likeness (QED) is 0.257. The van der Waals surface area contributed by atoms with Gasteiger partial charge in [-0.2, -0.15) is 0 Å². The highest BCUT2D eigenvalue weighted by Crippen LogP contribution is 2.04. The summed E-state index contributed by atoms with van der Waals surface area (Å²) >= 11 is 0. The minimum absolute atomic E-state index is 0.0370. The van der Waals surface area contributed by atoms with E-state index in [-0.39, 0.29) is 17.8 Å². The van der Waals surface area contributed by atoms with Crippen LogP contribution in [0.1, 0.15) is 34.1 Å². The number of hydrogen-bond acceptors (Lipinski definition) is 4. The lowest BCUT2D eigenvalue weighted by atomic mass is 10.0. The van der Waals surface area contributed by atoms with Crippen LogP contribution in [-0.4, -0.2) is 47.5 Å². The smallest absolute Gasteiger partial charge is 0.231 e. The van der Waals surface area contributed by atoms with E-state index >= 15 is 0 Å². The summed E-state index contributed by atoms with van der Waals surface area (Å²) in [5.74, 6) is -0.786. The molecule has 0 aliphatic carbocycles. The molecule has 0 heterocycles. The Balaban J connectivity index is 4.37. The number of nitrogens with zero attached hydrogens (tertiary/aromatic N) is 2. The molecular weight excluding hydrogens is 232 g/mol. The predicted octanol–water partition coefficient (Wildman–Crippen LogP) is 0.606. The molecule has 2 atom stereocenters. The largest absolute Gasteiger partial charge is 0.409 e. The summed E-state index contributed by atoms with van der Waals surface area (Å²) in [7, 11) is 0. The molecule has 0 aromatic carbocycles. The van der Waals surface area contributed by atoms with Gasteiger partial charge in [0, 0.05) is 12.6 Å². The Kier molecular flexibility index (Phi) is 8.11. The lowest BCUT2D eigenvalue weighted by Crippen LogP contribution is -2.46. The third-order valence-corrected chi connectivity index (χ3v) is 3.01. The summed E-state index contributed by atoms with van der Waals surface area (Å²) in [4.78, 5) is 14.2. The summed E-state index contributed by atoms with van der Waals surface area (Å²) in [6.45, 7) is 10.7. The van der Waals surface area contributed by atoms with Crippen LogP contribution in [-0.2, 0) is 4.79 Å². The van der Waals surface area contributed by atoms with Crippen molar-refractivity contribution in [2.24, 2.45) is 16.8 Å². The van der Waals surface area contributed by atoms with E-state index in [2.05, 4.69) is 29.2 Å². The summed E-state index contributed by atoms with van der Waals surface area (Å²) in [6.07, 6.45) is 0.514. The van der Waals surface area contributed by atoms with Gasteiger partial charge < -0.3 is 21.2 Å². The van der Waals surface area contributed by atoms with Crippen molar-refractivity contribution in [2.75, 3.05) is 19.6 Å². The predicted molar refractivity (Wildman–Crippen MR) is 72.6 cm³/mol. The minimum Gasteiger partial charge on any atom is -0.409 e. The first-order chi connectivity index (χ1) is 8.49. The van der Waals surface area contributed by atoms with E-state index < -0.39 is 5.92 Å². The Morgan fingerprint density at radius 1 is 1.39 bits per heavy atom. The fourth-order valence-electron chi connectivity index (χ4n) is 1.86. The molecule has 0 rings (SSSR count). The number of oxime groups is 1. The van der Waals surface area contributed by atoms with Crippen LogP contribution in [0.2, 0.25) is 0 Å². The normalized spacial score (nSPS) is 15.5. The van der Waals surface area contributed by atoms with Gasteiger partial charge in [0.1, 0.15) is 0 Å². The number of likely N-dealkylation sites (N-methyl/N-ethyl adjacent to an activating group) is 1. The number of amides is 1. The van der Waals surface area contributed by atoms with Crippen LogP contribution in [0.3, 0.4) is 0 Å². The van der Waals surface area contributed by atoms with E-state index in [4.69, 9.17) is 10.9 Å². The summed E-state index contributed by atoms with van der Waals surface area (Å²) in [5, 5.41) is 14.4. The Bertz CT molecular complexity index is 277. The first-order valence-electron chi connectivity index (χ1n) is 6.50. The Hall–Kier alpha value is -1.30. The minimum atomic E-state index is -0.561. The highest BCUT2D eigenvalue weighted by atomic mass is 16.4. The molecule has 0 aromatic rings. The maximum Gasteiger partial charge on any atom is 0.231 e. The maximum absolute atomic E-state index is 11.9. The third kappa shape index (κ3) is 5.35. The summed E-state index contributed by atoms with van der Waals surface area (Å²) < 4.78 is 0. The van der Waals surface area contributed by atoms with Crippen molar-refractivity contribution in [1.29, 1.82) is 0 Å². The van der Waals surface area contributed by atoms with Gasteiger partial charge in [-0.3, -0.25) is 4.79 Å². The van der Waals surface area contributed by atoms with Crippen molar-refractivity contribution in [3.05, 3.63) is 0 Å². The van der Waals surface area contributed by atoms with E-state index in [0.717, 1.165) is 19.6 Å². The van der Waals surface area contributed by atoms with Crippen LogP contribution in [0.25, 0.3) is 0 Å². The summed E-state index contributed by atoms with van der Waals surface area (Å²) in [6, 6.07) is 0.0398. The van der Waals surface area contributed by atoms with Gasteiger partial charge in [0.05, 0.1) is 5.92 Å². The number of nitrogens with one attached hydrogen (secondary N) is 1. The first-order valence-corrected chi connectivity index (χ1v) is 6.50. The van der Waals surface area contributed by atoms with Gasteiger partial charge in [-0.15, -0.1) is 0 Å². The van der Waals surface area contributed by atoms with Gasteiger partial charge in [0.15, 0.2) is 5.84 Å². The molecule has 0 spiro atoms. The molecule has 6 nitrogen and oxygen atoms in total. The second kappa shape index (κ2) is 8.74. The average molecular weight is 258 g/mol. The van der Waals surface area contributed by atoms with Crippen LogP contribution in [0, 0.1) is 5.92 Å². The molecule has 0 aliphatic heterocycles. The zero-order chi connectivity index (χ0) is 14.1. The zero-order valence-corrected chi connectivity index (χ0v) is 11.8. The number of carbonyl (C=O) groups excluding carboxylic acids is 1. The SMILES string of the molecule is CCC(C(=O)NC(C)CN(CC)CC)C(N)=NO. The molecule has 2 unspecified atom stereocenters. The van der Waals surface area contributed by atoms with Gasteiger partial charge >= 0.3 is 0 Å². The number of nitrogens with two attached hydrogens (primary N) is 1. The van der Waals surface area contributed by atoms with E-state index in [1.807, 2.05) is 13.8 Å². The van der Waals surface area contributed by atoms with Crippen LogP contribution < -0.4 is 11.1 Å². The molecule has 0 aliphatic rings. The number of rotatable bonds is 8. The zero-order valence-electron chi connectivity index (χ0n) is 11.8. The highest BCUT2D eigenvalue weighted by molar-refractivity contribution is 6.02. The van der Waals surface area contributed by atoms with E-state index in [0.29, 0.717) is 6.42 Å². The Morgan fingerprint density at radius 3 is 2.33 bits per heavy atom. The van der Waals surface area contributed by atoms with Crippen LogP contribution in [0.4, 0.5) is 0 Å². The number of carbonyl (C=O) groups is 1. The van der Waals surface area contributed by atoms with Crippen molar-refractivity contribution >= 4 is 11.7 Å². The van der Waals surface area contributed by atoms with Gasteiger partial charge in [0.2, 0.25) is 5.91 Å². The lowest BCUT2D eigenvalue weighted by molar-refractivity contribution is -0.123. The lowest BCUT2D eigenvalue weighted by Gasteiger charge is -2.24. The molecule has 0 bridgehead atoms. The van der Waals surface area contributed by atoms with Crippen LogP contribution in [0.15, 0.2) is 5.16 Å². The van der Waals surface area contributed by atoms with E-state index in [1.165, 1.54) is 0 Å². The Labute approximate surface area is 109 Å². The fraction of sp³-hybridized carbons (Fsp3) is 0.833. The van der Waals surface area contributed by atoms with Gasteiger partial charge in [0.25, 0.3) is 0 Å². The van der Waals surface area contributed by atoms with Gasteiger partial charge in [-0.05, 0) is 26.4 Å². The molecule has 0 saturated carbocycles. The van der Waals surface area contributed by atoms with Crippen LogP contribution in [0.5, 0.6) is 0 Å².